The largest absolute Gasteiger partial charge is 0.416 e. The van der Waals surface area contributed by atoms with Gasteiger partial charge in [0.1, 0.15) is 0 Å². The van der Waals surface area contributed by atoms with Gasteiger partial charge in [-0.1, -0.05) is 6.07 Å². The zero-order valence-corrected chi connectivity index (χ0v) is 15.3. The summed E-state index contributed by atoms with van der Waals surface area (Å²) in [7, 11) is 0. The fourth-order valence-electron chi connectivity index (χ4n) is 3.53. The van der Waals surface area contributed by atoms with Gasteiger partial charge in [-0.15, -0.1) is 0 Å². The van der Waals surface area contributed by atoms with Crippen LogP contribution < -0.4 is 4.90 Å². The molecular formula is C19H27F3N2O3. The molecule has 2 saturated heterocycles. The summed E-state index contributed by atoms with van der Waals surface area (Å²) in [6.07, 6.45) is -2.69. The average molecular weight is 388 g/mol. The summed E-state index contributed by atoms with van der Waals surface area (Å²) in [5, 5.41) is 10.1. The molecule has 8 heteroatoms. The minimum Gasteiger partial charge on any atom is -0.389 e. The molecule has 2 aliphatic heterocycles. The van der Waals surface area contributed by atoms with E-state index in [1.165, 1.54) is 12.1 Å². The van der Waals surface area contributed by atoms with Crippen molar-refractivity contribution in [1.82, 2.24) is 4.90 Å². The lowest BCUT2D eigenvalue weighted by Crippen LogP contribution is -2.49. The van der Waals surface area contributed by atoms with E-state index in [1.54, 1.807) is 6.07 Å². The Balaban J connectivity index is 1.39. The van der Waals surface area contributed by atoms with E-state index in [9.17, 15) is 18.3 Å². The van der Waals surface area contributed by atoms with Gasteiger partial charge in [0.05, 0.1) is 31.0 Å². The molecule has 2 fully saturated rings. The van der Waals surface area contributed by atoms with Crippen molar-refractivity contribution in [1.29, 1.82) is 0 Å². The Hall–Kier alpha value is -1.35. The molecule has 0 bridgehead atoms. The first-order valence-electron chi connectivity index (χ1n) is 9.44. The van der Waals surface area contributed by atoms with E-state index < -0.39 is 17.8 Å². The lowest BCUT2D eigenvalue weighted by atomic mass is 10.1. The number of alkyl halides is 3. The fourth-order valence-corrected chi connectivity index (χ4v) is 3.53. The molecule has 2 aliphatic rings. The number of hydrogen-bond acceptors (Lipinski definition) is 5. The second-order valence-corrected chi connectivity index (χ2v) is 7.16. The summed E-state index contributed by atoms with van der Waals surface area (Å²) in [5.74, 6) is 0. The van der Waals surface area contributed by atoms with Crippen LogP contribution in [0.2, 0.25) is 0 Å². The maximum absolute atomic E-state index is 12.9. The van der Waals surface area contributed by atoms with Gasteiger partial charge in [-0.05, 0) is 31.0 Å². The standard InChI is InChI=1S/C19H27F3N2O3/c20-19(21,22)15-3-1-4-16(11-15)24-8-6-23(7-9-24)12-17(25)13-26-14-18-5-2-10-27-18/h1,3-4,11,17-18,25H,2,5-10,12-14H2. The summed E-state index contributed by atoms with van der Waals surface area (Å²) in [4.78, 5) is 4.07. The number of nitrogens with zero attached hydrogens (tertiary/aromatic N) is 2. The van der Waals surface area contributed by atoms with Crippen molar-refractivity contribution >= 4 is 5.69 Å². The van der Waals surface area contributed by atoms with Crippen molar-refractivity contribution < 1.29 is 27.8 Å². The highest BCUT2D eigenvalue weighted by Crippen LogP contribution is 2.31. The van der Waals surface area contributed by atoms with Crippen molar-refractivity contribution in [3.05, 3.63) is 29.8 Å². The van der Waals surface area contributed by atoms with Gasteiger partial charge in [-0.2, -0.15) is 13.2 Å². The van der Waals surface area contributed by atoms with E-state index in [-0.39, 0.29) is 12.7 Å². The van der Waals surface area contributed by atoms with Gasteiger partial charge in [0.15, 0.2) is 0 Å². The molecular weight excluding hydrogens is 361 g/mol. The van der Waals surface area contributed by atoms with Crippen molar-refractivity contribution in [2.75, 3.05) is 57.4 Å². The third-order valence-electron chi connectivity index (χ3n) is 5.02. The monoisotopic (exact) mass is 388 g/mol. The zero-order chi connectivity index (χ0) is 19.3. The highest BCUT2D eigenvalue weighted by molar-refractivity contribution is 5.49. The number of piperazine rings is 1. The lowest BCUT2D eigenvalue weighted by molar-refractivity contribution is -0.137. The molecule has 2 atom stereocenters. The van der Waals surface area contributed by atoms with Crippen LogP contribution in [0.3, 0.4) is 0 Å². The SMILES string of the molecule is OC(COCC1CCCO1)CN1CCN(c2cccc(C(F)(F)F)c2)CC1. The molecule has 27 heavy (non-hydrogen) atoms. The Kier molecular flexibility index (Phi) is 6.97. The Morgan fingerprint density at radius 2 is 2.00 bits per heavy atom. The molecule has 3 rings (SSSR count). The number of ether oxygens (including phenoxy) is 2. The number of halogens is 3. The third-order valence-corrected chi connectivity index (χ3v) is 5.02. The second-order valence-electron chi connectivity index (χ2n) is 7.16. The number of benzene rings is 1. The zero-order valence-electron chi connectivity index (χ0n) is 15.3. The smallest absolute Gasteiger partial charge is 0.389 e. The first-order chi connectivity index (χ1) is 12.9. The van der Waals surface area contributed by atoms with Crippen LogP contribution in [0.15, 0.2) is 24.3 Å². The molecule has 1 aromatic rings. The van der Waals surface area contributed by atoms with Gasteiger partial charge in [0.25, 0.3) is 0 Å². The number of aliphatic hydroxyl groups excluding tert-OH is 1. The molecule has 152 valence electrons. The number of hydrogen-bond donors (Lipinski definition) is 1. The first kappa shape index (κ1) is 20.4. The summed E-state index contributed by atoms with van der Waals surface area (Å²) in [6.45, 7) is 4.72. The predicted octanol–water partition coefficient (Wildman–Crippen LogP) is 2.38. The summed E-state index contributed by atoms with van der Waals surface area (Å²) < 4.78 is 49.6. The third kappa shape index (κ3) is 6.07. The number of anilines is 1. The maximum atomic E-state index is 12.9. The van der Waals surface area contributed by atoms with Crippen LogP contribution in [-0.2, 0) is 15.7 Å². The average Bonchev–Trinajstić information content (AvgIpc) is 3.15. The van der Waals surface area contributed by atoms with Gasteiger partial charge in [0.2, 0.25) is 0 Å². The lowest BCUT2D eigenvalue weighted by Gasteiger charge is -2.37. The number of rotatable bonds is 7. The topological polar surface area (TPSA) is 45.2 Å². The molecule has 0 aromatic heterocycles. The van der Waals surface area contributed by atoms with Crippen LogP contribution in [-0.4, -0.2) is 74.8 Å². The summed E-state index contributed by atoms with van der Waals surface area (Å²) in [6, 6.07) is 5.44. The van der Waals surface area contributed by atoms with Crippen LogP contribution in [0.1, 0.15) is 18.4 Å². The molecule has 2 unspecified atom stereocenters. The first-order valence-corrected chi connectivity index (χ1v) is 9.44. The highest BCUT2D eigenvalue weighted by atomic mass is 19.4. The van der Waals surface area contributed by atoms with E-state index in [4.69, 9.17) is 9.47 Å². The molecule has 1 aromatic carbocycles. The summed E-state index contributed by atoms with van der Waals surface area (Å²) >= 11 is 0. The summed E-state index contributed by atoms with van der Waals surface area (Å²) in [5.41, 5.74) is -0.0360. The van der Waals surface area contributed by atoms with Gasteiger partial charge in [-0.25, -0.2) is 0 Å². The minimum atomic E-state index is -4.33. The van der Waals surface area contributed by atoms with Crippen molar-refractivity contribution in [3.8, 4) is 0 Å². The van der Waals surface area contributed by atoms with Crippen LogP contribution in [0.5, 0.6) is 0 Å². The normalized spacial score (nSPS) is 23.0. The van der Waals surface area contributed by atoms with E-state index in [2.05, 4.69) is 4.90 Å². The van der Waals surface area contributed by atoms with Crippen LogP contribution >= 0.6 is 0 Å². The number of aliphatic hydroxyl groups is 1. The van der Waals surface area contributed by atoms with E-state index in [1.807, 2.05) is 4.90 Å². The van der Waals surface area contributed by atoms with E-state index >= 15 is 0 Å². The van der Waals surface area contributed by atoms with Gasteiger partial charge in [0, 0.05) is 45.0 Å². The Bertz CT molecular complexity index is 586. The Morgan fingerprint density at radius 1 is 1.22 bits per heavy atom. The Labute approximate surface area is 157 Å². The molecule has 1 N–H and O–H groups in total. The van der Waals surface area contributed by atoms with Gasteiger partial charge < -0.3 is 19.5 Å². The maximum Gasteiger partial charge on any atom is 0.416 e. The molecule has 0 aliphatic carbocycles. The molecule has 0 saturated carbocycles. The van der Waals surface area contributed by atoms with E-state index in [0.717, 1.165) is 25.5 Å². The van der Waals surface area contributed by atoms with Crippen molar-refractivity contribution in [2.45, 2.75) is 31.2 Å². The van der Waals surface area contributed by atoms with Gasteiger partial charge in [-0.3, -0.25) is 4.90 Å². The quantitative estimate of drug-likeness (QED) is 0.777. The van der Waals surface area contributed by atoms with E-state index in [0.29, 0.717) is 45.0 Å². The minimum absolute atomic E-state index is 0.146. The predicted molar refractivity (Wildman–Crippen MR) is 95.9 cm³/mol. The van der Waals surface area contributed by atoms with Crippen molar-refractivity contribution in [2.24, 2.45) is 0 Å². The molecule has 0 amide bonds. The highest BCUT2D eigenvalue weighted by Gasteiger charge is 2.31. The van der Waals surface area contributed by atoms with Crippen LogP contribution in [0.4, 0.5) is 18.9 Å². The molecule has 5 nitrogen and oxygen atoms in total. The Morgan fingerprint density at radius 3 is 2.67 bits per heavy atom. The molecule has 0 radical (unpaired) electrons. The molecule has 0 spiro atoms. The van der Waals surface area contributed by atoms with Crippen LogP contribution in [0, 0.1) is 0 Å². The van der Waals surface area contributed by atoms with Gasteiger partial charge >= 0.3 is 6.18 Å². The van der Waals surface area contributed by atoms with Crippen molar-refractivity contribution in [3.63, 3.8) is 0 Å². The number of β-amino-alcohol motifs (C(OH)–C–C–N with tert-alkyl or cyclic N) is 1. The second kappa shape index (κ2) is 9.23. The fraction of sp³-hybridized carbons (Fsp3) is 0.684. The molecule has 2 heterocycles. The van der Waals surface area contributed by atoms with Crippen LogP contribution in [0.25, 0.3) is 0 Å².